The van der Waals surface area contributed by atoms with Gasteiger partial charge in [0.25, 0.3) is 0 Å². The Morgan fingerprint density at radius 3 is 2.57 bits per heavy atom. The normalized spacial score (nSPS) is 10.3. The van der Waals surface area contributed by atoms with E-state index in [4.69, 9.17) is 0 Å². The summed E-state index contributed by atoms with van der Waals surface area (Å²) in [4.78, 5) is 10.3. The van der Waals surface area contributed by atoms with Crippen molar-refractivity contribution >= 4 is 16.5 Å². The van der Waals surface area contributed by atoms with E-state index in [1.165, 1.54) is 12.1 Å². The fraction of sp³-hybridized carbons (Fsp3) is 0. The van der Waals surface area contributed by atoms with E-state index in [1.807, 2.05) is 0 Å². The summed E-state index contributed by atoms with van der Waals surface area (Å²) in [7, 11) is 0. The molecule has 0 aromatic heterocycles. The van der Waals surface area contributed by atoms with E-state index in [0.29, 0.717) is 5.39 Å². The second-order valence-corrected chi connectivity index (χ2v) is 2.90. The van der Waals surface area contributed by atoms with E-state index < -0.39 is 0 Å². The smallest absolute Gasteiger partial charge is 0.156 e. The number of benzene rings is 2. The van der Waals surface area contributed by atoms with Crippen LogP contribution < -0.4 is 0 Å². The molecule has 0 saturated carbocycles. The lowest BCUT2D eigenvalue weighted by molar-refractivity contribution is 0.464. The minimum Gasteiger partial charge on any atom is -0.507 e. The van der Waals surface area contributed by atoms with Crippen LogP contribution in [0.3, 0.4) is 0 Å². The molecule has 2 rings (SSSR count). The number of aromatic hydroxyl groups is 2. The molecular weight excluding hydrogens is 182 g/mol. The van der Waals surface area contributed by atoms with Crippen LogP contribution in [0.25, 0.3) is 10.8 Å². The predicted molar refractivity (Wildman–Crippen MR) is 52.7 cm³/mol. The second kappa shape index (κ2) is 2.99. The van der Waals surface area contributed by atoms with E-state index in [2.05, 4.69) is 5.18 Å². The standard InChI is InChI=1S/C10H7NO3/c12-8-3-1-2-6-4-5-7(11-14)10(13)9(6)8/h1-5,12-13H. The Morgan fingerprint density at radius 1 is 1.07 bits per heavy atom. The van der Waals surface area contributed by atoms with Crippen molar-refractivity contribution in [3.8, 4) is 11.5 Å². The van der Waals surface area contributed by atoms with Crippen LogP contribution in [-0.2, 0) is 0 Å². The van der Waals surface area contributed by atoms with Crippen molar-refractivity contribution in [1.29, 1.82) is 0 Å². The molecule has 0 spiro atoms. The topological polar surface area (TPSA) is 69.9 Å². The average Bonchev–Trinajstić information content (AvgIpc) is 2.18. The number of fused-ring (bicyclic) bond motifs is 1. The fourth-order valence-electron chi connectivity index (χ4n) is 1.40. The summed E-state index contributed by atoms with van der Waals surface area (Å²) in [5.41, 5.74) is -0.0704. The van der Waals surface area contributed by atoms with Gasteiger partial charge >= 0.3 is 0 Å². The number of hydrogen-bond acceptors (Lipinski definition) is 4. The molecule has 0 bridgehead atoms. The molecule has 2 aromatic rings. The average molecular weight is 189 g/mol. The predicted octanol–water partition coefficient (Wildman–Crippen LogP) is 2.65. The minimum atomic E-state index is -0.282. The van der Waals surface area contributed by atoms with Crippen LogP contribution in [0.15, 0.2) is 35.5 Å². The lowest BCUT2D eigenvalue weighted by atomic mass is 10.1. The first-order valence-corrected chi connectivity index (χ1v) is 4.01. The highest BCUT2D eigenvalue weighted by molar-refractivity contribution is 5.96. The van der Waals surface area contributed by atoms with E-state index in [0.717, 1.165) is 0 Å². The van der Waals surface area contributed by atoms with E-state index >= 15 is 0 Å². The molecule has 0 radical (unpaired) electrons. The Bertz CT molecular complexity index is 508. The van der Waals surface area contributed by atoms with Crippen molar-refractivity contribution in [3.63, 3.8) is 0 Å². The maximum absolute atomic E-state index is 10.3. The van der Waals surface area contributed by atoms with Gasteiger partial charge in [0.2, 0.25) is 0 Å². The molecule has 4 nitrogen and oxygen atoms in total. The number of hydrogen-bond donors (Lipinski definition) is 2. The molecule has 0 heterocycles. The summed E-state index contributed by atoms with van der Waals surface area (Å²) in [5, 5.41) is 22.6. The van der Waals surface area contributed by atoms with E-state index in [9.17, 15) is 15.1 Å². The third-order valence-corrected chi connectivity index (χ3v) is 2.07. The van der Waals surface area contributed by atoms with Gasteiger partial charge in [-0.25, -0.2) is 0 Å². The van der Waals surface area contributed by atoms with Crippen LogP contribution in [0.2, 0.25) is 0 Å². The molecule has 2 N–H and O–H groups in total. The van der Waals surface area contributed by atoms with Gasteiger partial charge in [-0.3, -0.25) is 0 Å². The van der Waals surface area contributed by atoms with Gasteiger partial charge in [0.1, 0.15) is 11.4 Å². The number of phenols is 2. The van der Waals surface area contributed by atoms with Gasteiger partial charge in [-0.05, 0) is 22.7 Å². The number of rotatable bonds is 1. The molecular formula is C10H7NO3. The van der Waals surface area contributed by atoms with Gasteiger partial charge in [0.05, 0.1) is 5.39 Å². The summed E-state index contributed by atoms with van der Waals surface area (Å²) in [6.45, 7) is 0. The van der Waals surface area contributed by atoms with Crippen molar-refractivity contribution in [2.24, 2.45) is 5.18 Å². The molecule has 0 fully saturated rings. The molecule has 2 aromatic carbocycles. The van der Waals surface area contributed by atoms with Crippen molar-refractivity contribution in [1.82, 2.24) is 0 Å². The van der Waals surface area contributed by atoms with Gasteiger partial charge in [-0.2, -0.15) is 0 Å². The Morgan fingerprint density at radius 2 is 1.86 bits per heavy atom. The molecule has 0 amide bonds. The van der Waals surface area contributed by atoms with Gasteiger partial charge in [0, 0.05) is 0 Å². The molecule has 0 unspecified atom stereocenters. The SMILES string of the molecule is O=Nc1ccc2cccc(O)c2c1O. The molecule has 0 aliphatic heterocycles. The highest BCUT2D eigenvalue weighted by Crippen LogP contribution is 2.39. The Balaban J connectivity index is 2.93. The van der Waals surface area contributed by atoms with Crippen molar-refractivity contribution in [3.05, 3.63) is 35.2 Å². The van der Waals surface area contributed by atoms with Gasteiger partial charge < -0.3 is 10.2 Å². The number of phenolic OH excluding ortho intramolecular Hbond substituents is 2. The van der Waals surface area contributed by atoms with E-state index in [-0.39, 0.29) is 22.6 Å². The lowest BCUT2D eigenvalue weighted by Crippen LogP contribution is -1.76. The Labute approximate surface area is 79.4 Å². The summed E-state index contributed by atoms with van der Waals surface area (Å²) in [6.07, 6.45) is 0. The van der Waals surface area contributed by atoms with Crippen LogP contribution >= 0.6 is 0 Å². The molecule has 0 atom stereocenters. The summed E-state index contributed by atoms with van der Waals surface area (Å²) < 4.78 is 0. The zero-order valence-electron chi connectivity index (χ0n) is 7.14. The fourth-order valence-corrected chi connectivity index (χ4v) is 1.40. The Kier molecular flexibility index (Phi) is 1.81. The van der Waals surface area contributed by atoms with E-state index in [1.54, 1.807) is 18.2 Å². The van der Waals surface area contributed by atoms with Gasteiger partial charge in [-0.1, -0.05) is 18.2 Å². The first-order chi connectivity index (χ1) is 6.74. The highest BCUT2D eigenvalue weighted by Gasteiger charge is 2.09. The molecule has 4 heteroatoms. The molecule has 0 aliphatic rings. The van der Waals surface area contributed by atoms with Crippen molar-refractivity contribution < 1.29 is 10.2 Å². The highest BCUT2D eigenvalue weighted by atomic mass is 16.3. The summed E-state index contributed by atoms with van der Waals surface area (Å²) >= 11 is 0. The van der Waals surface area contributed by atoms with Crippen LogP contribution in [0.5, 0.6) is 11.5 Å². The van der Waals surface area contributed by atoms with Crippen LogP contribution in [0, 0.1) is 4.91 Å². The summed E-state index contributed by atoms with van der Waals surface area (Å²) in [5.74, 6) is -0.346. The first kappa shape index (κ1) is 8.50. The van der Waals surface area contributed by atoms with Gasteiger partial charge in [-0.15, -0.1) is 4.91 Å². The lowest BCUT2D eigenvalue weighted by Gasteiger charge is -2.03. The summed E-state index contributed by atoms with van der Waals surface area (Å²) in [6, 6.07) is 7.85. The van der Waals surface area contributed by atoms with Crippen molar-refractivity contribution in [2.45, 2.75) is 0 Å². The Hall–Kier alpha value is -2.10. The van der Waals surface area contributed by atoms with Crippen LogP contribution in [0.4, 0.5) is 5.69 Å². The molecule has 70 valence electrons. The second-order valence-electron chi connectivity index (χ2n) is 2.90. The molecule has 0 aliphatic carbocycles. The third-order valence-electron chi connectivity index (χ3n) is 2.07. The third kappa shape index (κ3) is 1.08. The zero-order chi connectivity index (χ0) is 10.1. The molecule has 14 heavy (non-hydrogen) atoms. The quantitative estimate of drug-likeness (QED) is 0.677. The molecule has 0 saturated heterocycles. The van der Waals surface area contributed by atoms with Crippen molar-refractivity contribution in [2.75, 3.05) is 0 Å². The van der Waals surface area contributed by atoms with Gasteiger partial charge in [0.15, 0.2) is 5.75 Å². The monoisotopic (exact) mass is 189 g/mol. The zero-order valence-corrected chi connectivity index (χ0v) is 7.14. The largest absolute Gasteiger partial charge is 0.507 e. The van der Waals surface area contributed by atoms with Crippen LogP contribution in [-0.4, -0.2) is 10.2 Å². The maximum Gasteiger partial charge on any atom is 0.156 e. The minimum absolute atomic E-state index is 0.0644. The van der Waals surface area contributed by atoms with Crippen LogP contribution in [0.1, 0.15) is 0 Å². The first-order valence-electron chi connectivity index (χ1n) is 4.01. The number of nitroso groups, excluding NO2 is 1. The maximum atomic E-state index is 10.3. The number of nitrogens with zero attached hydrogens (tertiary/aromatic N) is 1.